The molecule has 1 N–H and O–H groups in total. The van der Waals surface area contributed by atoms with Gasteiger partial charge >= 0.3 is 6.18 Å². The molecule has 32 heavy (non-hydrogen) atoms. The van der Waals surface area contributed by atoms with Gasteiger partial charge in [0.25, 0.3) is 5.91 Å². The predicted molar refractivity (Wildman–Crippen MR) is 110 cm³/mol. The number of amides is 1. The van der Waals surface area contributed by atoms with Gasteiger partial charge in [0.15, 0.2) is 11.4 Å². The Kier molecular flexibility index (Phi) is 7.01. The number of alkyl halides is 3. The Bertz CT molecular complexity index is 1040. The summed E-state index contributed by atoms with van der Waals surface area (Å²) in [6.07, 6.45) is 0.765. The molecule has 3 heterocycles. The van der Waals surface area contributed by atoms with E-state index in [1.807, 2.05) is 13.8 Å². The number of anilines is 1. The van der Waals surface area contributed by atoms with Crippen molar-refractivity contribution in [3.8, 4) is 5.69 Å². The van der Waals surface area contributed by atoms with Gasteiger partial charge in [-0.15, -0.1) is 4.80 Å². The SMILES string of the molecule is CC[C@@H](CNc1cnc(C(F)(F)F)cn1)N(CC)C(=O)c1nc(C)ccc1-n1nccn1. The standard InChI is InChI=1S/C20H23F3N8O/c1-4-14(10-25-17-12-24-16(11-26-17)20(21,22)23)30(5-2)19(32)18-15(7-6-13(3)29-18)31-27-8-9-28-31/h6-9,11-12,14H,4-5,10H2,1-3H3,(H,25,26)/t14-/m0/s1. The molecule has 170 valence electrons. The highest BCUT2D eigenvalue weighted by atomic mass is 19.4. The number of rotatable bonds is 8. The number of carbonyl (C=O) groups is 1. The van der Waals surface area contributed by atoms with Crippen molar-refractivity contribution in [1.29, 1.82) is 0 Å². The van der Waals surface area contributed by atoms with E-state index in [0.29, 0.717) is 30.5 Å². The Hall–Kier alpha value is -3.57. The summed E-state index contributed by atoms with van der Waals surface area (Å²) in [5, 5.41) is 11.2. The summed E-state index contributed by atoms with van der Waals surface area (Å²) in [6, 6.07) is 3.24. The molecule has 0 aliphatic carbocycles. The van der Waals surface area contributed by atoms with Gasteiger partial charge in [-0.3, -0.25) is 4.79 Å². The van der Waals surface area contributed by atoms with Gasteiger partial charge in [0.1, 0.15) is 11.5 Å². The average Bonchev–Trinajstić information content (AvgIpc) is 3.30. The Morgan fingerprint density at radius 3 is 2.44 bits per heavy atom. The number of pyridine rings is 1. The molecule has 1 amide bonds. The minimum atomic E-state index is -4.55. The fourth-order valence-electron chi connectivity index (χ4n) is 3.17. The number of carbonyl (C=O) groups excluding carboxylic acids is 1. The minimum Gasteiger partial charge on any atom is -0.367 e. The molecule has 0 unspecified atom stereocenters. The maximum absolute atomic E-state index is 13.4. The quantitative estimate of drug-likeness (QED) is 0.565. The van der Waals surface area contributed by atoms with Crippen LogP contribution in [0.3, 0.4) is 0 Å². The molecule has 0 aliphatic heterocycles. The Labute approximate surface area is 182 Å². The zero-order valence-corrected chi connectivity index (χ0v) is 17.8. The van der Waals surface area contributed by atoms with E-state index in [9.17, 15) is 18.0 Å². The monoisotopic (exact) mass is 448 g/mol. The largest absolute Gasteiger partial charge is 0.434 e. The van der Waals surface area contributed by atoms with E-state index in [1.54, 1.807) is 24.0 Å². The molecule has 0 saturated carbocycles. The highest BCUT2D eigenvalue weighted by Gasteiger charge is 2.33. The Morgan fingerprint density at radius 1 is 1.16 bits per heavy atom. The molecule has 0 radical (unpaired) electrons. The number of hydrogen-bond acceptors (Lipinski definition) is 7. The summed E-state index contributed by atoms with van der Waals surface area (Å²) in [7, 11) is 0. The van der Waals surface area contributed by atoms with Crippen molar-refractivity contribution in [2.75, 3.05) is 18.4 Å². The molecular weight excluding hydrogens is 425 g/mol. The first kappa shape index (κ1) is 23.1. The third-order valence-electron chi connectivity index (χ3n) is 4.82. The lowest BCUT2D eigenvalue weighted by Gasteiger charge is -2.30. The smallest absolute Gasteiger partial charge is 0.367 e. The van der Waals surface area contributed by atoms with E-state index >= 15 is 0 Å². The van der Waals surface area contributed by atoms with Gasteiger partial charge in [-0.05, 0) is 32.4 Å². The fraction of sp³-hybridized carbons (Fsp3) is 0.400. The molecule has 0 spiro atoms. The van der Waals surface area contributed by atoms with Crippen LogP contribution in [0.5, 0.6) is 0 Å². The van der Waals surface area contributed by atoms with Crippen molar-refractivity contribution in [3.63, 3.8) is 0 Å². The Balaban J connectivity index is 1.79. The van der Waals surface area contributed by atoms with Crippen molar-refractivity contribution in [2.45, 2.75) is 39.4 Å². The molecule has 9 nitrogen and oxygen atoms in total. The van der Waals surface area contributed by atoms with Gasteiger partial charge in [0.2, 0.25) is 0 Å². The lowest BCUT2D eigenvalue weighted by atomic mass is 10.1. The molecule has 12 heteroatoms. The number of aryl methyl sites for hydroxylation is 1. The molecule has 0 aromatic carbocycles. The first-order valence-electron chi connectivity index (χ1n) is 10.0. The summed E-state index contributed by atoms with van der Waals surface area (Å²) in [6.45, 7) is 6.23. The molecule has 0 fully saturated rings. The van der Waals surface area contributed by atoms with Crippen LogP contribution in [0.25, 0.3) is 5.69 Å². The van der Waals surface area contributed by atoms with E-state index < -0.39 is 11.9 Å². The van der Waals surface area contributed by atoms with E-state index in [4.69, 9.17) is 0 Å². The first-order chi connectivity index (χ1) is 15.2. The molecule has 3 aromatic rings. The third-order valence-corrected chi connectivity index (χ3v) is 4.82. The second kappa shape index (κ2) is 9.71. The van der Waals surface area contributed by atoms with Gasteiger partial charge in [-0.1, -0.05) is 6.92 Å². The zero-order chi connectivity index (χ0) is 23.3. The lowest BCUT2D eigenvalue weighted by molar-refractivity contribution is -0.141. The fourth-order valence-corrected chi connectivity index (χ4v) is 3.17. The predicted octanol–water partition coefficient (Wildman–Crippen LogP) is 3.13. The third kappa shape index (κ3) is 5.18. The van der Waals surface area contributed by atoms with E-state index in [0.717, 1.165) is 6.20 Å². The minimum absolute atomic E-state index is 0.190. The summed E-state index contributed by atoms with van der Waals surface area (Å²) in [4.78, 5) is 28.0. The topological polar surface area (TPSA) is 102 Å². The Morgan fingerprint density at radius 2 is 1.88 bits per heavy atom. The molecule has 0 saturated heterocycles. The van der Waals surface area contributed by atoms with Crippen LogP contribution in [0.15, 0.2) is 36.9 Å². The van der Waals surface area contributed by atoms with Gasteiger partial charge < -0.3 is 10.2 Å². The van der Waals surface area contributed by atoms with Crippen LogP contribution in [-0.4, -0.2) is 59.9 Å². The summed E-state index contributed by atoms with van der Waals surface area (Å²) < 4.78 is 38.0. The van der Waals surface area contributed by atoms with E-state index in [2.05, 4.69) is 30.5 Å². The summed E-state index contributed by atoms with van der Waals surface area (Å²) in [5.41, 5.74) is 0.286. The van der Waals surface area contributed by atoms with Gasteiger partial charge in [0.05, 0.1) is 24.8 Å². The summed E-state index contributed by atoms with van der Waals surface area (Å²) >= 11 is 0. The summed E-state index contributed by atoms with van der Waals surface area (Å²) in [5.74, 6) is -0.106. The van der Waals surface area contributed by atoms with Gasteiger partial charge in [-0.2, -0.15) is 23.4 Å². The zero-order valence-electron chi connectivity index (χ0n) is 17.8. The van der Waals surface area contributed by atoms with Crippen LogP contribution in [0.4, 0.5) is 19.0 Å². The van der Waals surface area contributed by atoms with Crippen molar-refractivity contribution in [1.82, 2.24) is 34.8 Å². The maximum atomic E-state index is 13.4. The number of nitrogens with zero attached hydrogens (tertiary/aromatic N) is 7. The molecule has 0 bridgehead atoms. The normalized spacial score (nSPS) is 12.4. The van der Waals surface area contributed by atoms with Crippen LogP contribution in [0, 0.1) is 6.92 Å². The molecular formula is C20H23F3N8O. The highest BCUT2D eigenvalue weighted by molar-refractivity contribution is 5.96. The van der Waals surface area contributed by atoms with Gasteiger partial charge in [0, 0.05) is 24.8 Å². The number of likely N-dealkylation sites (N-methyl/N-ethyl adjacent to an activating group) is 1. The van der Waals surface area contributed by atoms with Crippen molar-refractivity contribution >= 4 is 11.7 Å². The van der Waals surface area contributed by atoms with E-state index in [1.165, 1.54) is 17.2 Å². The number of hydrogen-bond donors (Lipinski definition) is 1. The molecule has 3 aromatic heterocycles. The van der Waals surface area contributed by atoms with Crippen LogP contribution >= 0.6 is 0 Å². The second-order valence-corrected chi connectivity index (χ2v) is 6.96. The van der Waals surface area contributed by atoms with Crippen molar-refractivity contribution < 1.29 is 18.0 Å². The lowest BCUT2D eigenvalue weighted by Crippen LogP contribution is -2.44. The average molecular weight is 448 g/mol. The number of nitrogens with one attached hydrogen (secondary N) is 1. The molecule has 1 atom stereocenters. The molecule has 3 rings (SSSR count). The first-order valence-corrected chi connectivity index (χ1v) is 10.0. The number of aromatic nitrogens is 6. The van der Waals surface area contributed by atoms with Crippen LogP contribution in [0.2, 0.25) is 0 Å². The van der Waals surface area contributed by atoms with Crippen LogP contribution < -0.4 is 5.32 Å². The molecule has 0 aliphatic rings. The second-order valence-electron chi connectivity index (χ2n) is 6.96. The highest BCUT2D eigenvalue weighted by Crippen LogP contribution is 2.27. The number of halogens is 3. The maximum Gasteiger partial charge on any atom is 0.434 e. The van der Waals surface area contributed by atoms with Crippen molar-refractivity contribution in [3.05, 3.63) is 54.0 Å². The van der Waals surface area contributed by atoms with Gasteiger partial charge in [-0.25, -0.2) is 15.0 Å². The van der Waals surface area contributed by atoms with Crippen LogP contribution in [0.1, 0.15) is 42.1 Å². The van der Waals surface area contributed by atoms with E-state index in [-0.39, 0.29) is 30.0 Å². The van der Waals surface area contributed by atoms with Crippen LogP contribution in [-0.2, 0) is 6.18 Å². The van der Waals surface area contributed by atoms with Crippen molar-refractivity contribution in [2.24, 2.45) is 0 Å².